The van der Waals surface area contributed by atoms with Gasteiger partial charge in [0.05, 0.1) is 0 Å². The number of amides is 2. The molecule has 0 spiro atoms. The number of likely N-dealkylation sites (tertiary alicyclic amines) is 1. The van der Waals surface area contributed by atoms with Crippen LogP contribution in [0.5, 0.6) is 0 Å². The summed E-state index contributed by atoms with van der Waals surface area (Å²) in [6.07, 6.45) is 2.75. The maximum atomic E-state index is 12.1. The lowest BCUT2D eigenvalue weighted by molar-refractivity contribution is -0.148. The first-order chi connectivity index (χ1) is 9.11. The Morgan fingerprint density at radius 3 is 2.53 bits per heavy atom. The van der Waals surface area contributed by atoms with Crippen LogP contribution < -0.4 is 0 Å². The molecule has 1 aliphatic rings. The van der Waals surface area contributed by atoms with E-state index in [2.05, 4.69) is 22.9 Å². The van der Waals surface area contributed by atoms with Crippen molar-refractivity contribution in [3.8, 4) is 0 Å². The summed E-state index contributed by atoms with van der Waals surface area (Å²) in [5, 5.41) is 0. The van der Waals surface area contributed by atoms with Crippen molar-refractivity contribution in [3.63, 3.8) is 0 Å². The van der Waals surface area contributed by atoms with Gasteiger partial charge in [0.2, 0.25) is 11.8 Å². The standard InChI is InChI=1S/C15H18BrNO2/c1-2-3-7-17-14(18)9-12(10-15(17)19)11-5-4-6-13(16)8-11/h4-6,8,12H,2-3,7,9-10H2,1H3. The van der Waals surface area contributed by atoms with Gasteiger partial charge in [0, 0.05) is 29.8 Å². The monoisotopic (exact) mass is 323 g/mol. The topological polar surface area (TPSA) is 37.4 Å². The molecule has 2 rings (SSSR count). The Labute approximate surface area is 122 Å². The van der Waals surface area contributed by atoms with Crippen LogP contribution in [0.4, 0.5) is 0 Å². The van der Waals surface area contributed by atoms with Crippen LogP contribution in [0.2, 0.25) is 0 Å². The molecule has 0 aromatic heterocycles. The lowest BCUT2D eigenvalue weighted by atomic mass is 9.88. The van der Waals surface area contributed by atoms with Gasteiger partial charge in [-0.15, -0.1) is 0 Å². The number of piperidine rings is 1. The molecule has 0 saturated carbocycles. The van der Waals surface area contributed by atoms with Crippen LogP contribution in [-0.4, -0.2) is 23.3 Å². The zero-order valence-electron chi connectivity index (χ0n) is 11.1. The minimum atomic E-state index is -0.0327. The van der Waals surface area contributed by atoms with E-state index in [4.69, 9.17) is 0 Å². The number of hydrogen-bond donors (Lipinski definition) is 0. The van der Waals surface area contributed by atoms with Crippen molar-refractivity contribution in [3.05, 3.63) is 34.3 Å². The molecule has 0 aliphatic carbocycles. The van der Waals surface area contributed by atoms with Crippen LogP contribution in [0.25, 0.3) is 0 Å². The second kappa shape index (κ2) is 6.33. The van der Waals surface area contributed by atoms with Gasteiger partial charge in [-0.1, -0.05) is 41.4 Å². The Kier molecular flexibility index (Phi) is 4.75. The third kappa shape index (κ3) is 3.44. The molecule has 19 heavy (non-hydrogen) atoms. The summed E-state index contributed by atoms with van der Waals surface area (Å²) in [6.45, 7) is 2.63. The third-order valence-corrected chi connectivity index (χ3v) is 3.99. The smallest absolute Gasteiger partial charge is 0.229 e. The van der Waals surface area contributed by atoms with Gasteiger partial charge >= 0.3 is 0 Å². The minimum Gasteiger partial charge on any atom is -0.283 e. The quantitative estimate of drug-likeness (QED) is 0.795. The average Bonchev–Trinajstić information content (AvgIpc) is 2.37. The summed E-state index contributed by atoms with van der Waals surface area (Å²) in [5.41, 5.74) is 1.06. The van der Waals surface area contributed by atoms with E-state index in [1.54, 1.807) is 0 Å². The zero-order valence-corrected chi connectivity index (χ0v) is 12.6. The fourth-order valence-electron chi connectivity index (χ4n) is 2.42. The van der Waals surface area contributed by atoms with Gasteiger partial charge in [-0.05, 0) is 24.1 Å². The van der Waals surface area contributed by atoms with Crippen LogP contribution in [0.3, 0.4) is 0 Å². The Morgan fingerprint density at radius 2 is 1.95 bits per heavy atom. The van der Waals surface area contributed by atoms with Crippen LogP contribution in [0, 0.1) is 0 Å². The van der Waals surface area contributed by atoms with Crippen molar-refractivity contribution >= 4 is 27.7 Å². The molecule has 1 aromatic rings. The van der Waals surface area contributed by atoms with E-state index in [1.807, 2.05) is 24.3 Å². The molecule has 1 aromatic carbocycles. The van der Waals surface area contributed by atoms with E-state index in [-0.39, 0.29) is 17.7 Å². The maximum absolute atomic E-state index is 12.1. The van der Waals surface area contributed by atoms with E-state index in [0.717, 1.165) is 22.9 Å². The summed E-state index contributed by atoms with van der Waals surface area (Å²) in [4.78, 5) is 25.6. The molecule has 4 heteroatoms. The number of imide groups is 1. The largest absolute Gasteiger partial charge is 0.283 e. The molecule has 102 valence electrons. The van der Waals surface area contributed by atoms with Crippen LogP contribution in [-0.2, 0) is 9.59 Å². The highest BCUT2D eigenvalue weighted by Crippen LogP contribution is 2.31. The van der Waals surface area contributed by atoms with E-state index in [9.17, 15) is 9.59 Å². The van der Waals surface area contributed by atoms with Gasteiger partial charge in [-0.3, -0.25) is 14.5 Å². The molecule has 0 radical (unpaired) electrons. The number of unbranched alkanes of at least 4 members (excludes halogenated alkanes) is 1. The average molecular weight is 324 g/mol. The Balaban J connectivity index is 2.09. The number of halogens is 1. The molecule has 0 bridgehead atoms. The normalized spacial score (nSPS) is 17.1. The van der Waals surface area contributed by atoms with Crippen LogP contribution in [0.1, 0.15) is 44.1 Å². The lowest BCUT2D eigenvalue weighted by Gasteiger charge is -2.30. The highest BCUT2D eigenvalue weighted by molar-refractivity contribution is 9.10. The summed E-state index contributed by atoms with van der Waals surface area (Å²) >= 11 is 3.42. The van der Waals surface area contributed by atoms with Crippen LogP contribution >= 0.6 is 15.9 Å². The van der Waals surface area contributed by atoms with Gasteiger partial charge < -0.3 is 0 Å². The predicted molar refractivity (Wildman–Crippen MR) is 77.7 cm³/mol. The molecule has 0 N–H and O–H groups in total. The van der Waals surface area contributed by atoms with E-state index in [0.29, 0.717) is 19.4 Å². The van der Waals surface area contributed by atoms with Crippen molar-refractivity contribution in [2.45, 2.75) is 38.5 Å². The van der Waals surface area contributed by atoms with E-state index in [1.165, 1.54) is 4.90 Å². The Hall–Kier alpha value is -1.16. The number of carbonyl (C=O) groups is 2. The molecule has 0 unspecified atom stereocenters. The van der Waals surface area contributed by atoms with Crippen molar-refractivity contribution in [1.82, 2.24) is 4.90 Å². The molecule has 0 atom stereocenters. The van der Waals surface area contributed by atoms with Crippen LogP contribution in [0.15, 0.2) is 28.7 Å². The van der Waals surface area contributed by atoms with Gasteiger partial charge in [0.1, 0.15) is 0 Å². The third-order valence-electron chi connectivity index (χ3n) is 3.50. The zero-order chi connectivity index (χ0) is 13.8. The Bertz CT molecular complexity index is 469. The van der Waals surface area contributed by atoms with Gasteiger partial charge in [0.25, 0.3) is 0 Å². The maximum Gasteiger partial charge on any atom is 0.229 e. The first kappa shape index (κ1) is 14.3. The highest BCUT2D eigenvalue weighted by atomic mass is 79.9. The predicted octanol–water partition coefficient (Wildman–Crippen LogP) is 3.48. The van der Waals surface area contributed by atoms with Crippen molar-refractivity contribution in [2.75, 3.05) is 6.54 Å². The number of hydrogen-bond acceptors (Lipinski definition) is 2. The van der Waals surface area contributed by atoms with Gasteiger partial charge in [-0.2, -0.15) is 0 Å². The lowest BCUT2D eigenvalue weighted by Crippen LogP contribution is -2.43. The SMILES string of the molecule is CCCCN1C(=O)CC(c2cccc(Br)c2)CC1=O. The number of nitrogens with zero attached hydrogens (tertiary/aromatic N) is 1. The fourth-order valence-corrected chi connectivity index (χ4v) is 2.83. The molecule has 1 saturated heterocycles. The molecule has 1 fully saturated rings. The van der Waals surface area contributed by atoms with Crippen molar-refractivity contribution in [1.29, 1.82) is 0 Å². The molecule has 1 heterocycles. The number of carbonyl (C=O) groups excluding carboxylic acids is 2. The van der Waals surface area contributed by atoms with E-state index < -0.39 is 0 Å². The van der Waals surface area contributed by atoms with Gasteiger partial charge in [-0.25, -0.2) is 0 Å². The first-order valence-electron chi connectivity index (χ1n) is 6.70. The number of benzene rings is 1. The van der Waals surface area contributed by atoms with Crippen molar-refractivity contribution in [2.24, 2.45) is 0 Å². The molecule has 3 nitrogen and oxygen atoms in total. The minimum absolute atomic E-state index is 0.0235. The van der Waals surface area contributed by atoms with Crippen molar-refractivity contribution < 1.29 is 9.59 Å². The molecular formula is C15H18BrNO2. The summed E-state index contributed by atoms with van der Waals surface area (Å²) in [6, 6.07) is 7.87. The first-order valence-corrected chi connectivity index (χ1v) is 7.49. The summed E-state index contributed by atoms with van der Waals surface area (Å²) in [5.74, 6) is -0.0419. The Morgan fingerprint density at radius 1 is 1.26 bits per heavy atom. The number of rotatable bonds is 4. The molecule has 2 amide bonds. The highest BCUT2D eigenvalue weighted by Gasteiger charge is 2.32. The second-order valence-electron chi connectivity index (χ2n) is 4.95. The summed E-state index contributed by atoms with van der Waals surface area (Å²) < 4.78 is 0.985. The van der Waals surface area contributed by atoms with Gasteiger partial charge in [0.15, 0.2) is 0 Å². The molecule has 1 aliphatic heterocycles. The summed E-state index contributed by atoms with van der Waals surface area (Å²) in [7, 11) is 0. The molecular weight excluding hydrogens is 306 g/mol. The van der Waals surface area contributed by atoms with E-state index >= 15 is 0 Å². The fraction of sp³-hybridized carbons (Fsp3) is 0.467. The second-order valence-corrected chi connectivity index (χ2v) is 5.87.